The predicted molar refractivity (Wildman–Crippen MR) is 93.0 cm³/mol. The number of carbonyl (C=O) groups is 1. The Morgan fingerprint density at radius 1 is 1.30 bits per heavy atom. The van der Waals surface area contributed by atoms with Crippen LogP contribution in [0.3, 0.4) is 0 Å². The molecule has 1 aliphatic rings. The lowest BCUT2D eigenvalue weighted by Gasteiger charge is -2.17. The van der Waals surface area contributed by atoms with Crippen molar-refractivity contribution in [1.29, 1.82) is 0 Å². The lowest BCUT2D eigenvalue weighted by molar-refractivity contribution is -0.113. The quantitative estimate of drug-likeness (QED) is 0.692. The summed E-state index contributed by atoms with van der Waals surface area (Å²) in [5.74, 6) is 0.404. The molecule has 3 rings (SSSR count). The van der Waals surface area contributed by atoms with Crippen molar-refractivity contribution in [2.45, 2.75) is 6.92 Å². The average Bonchev–Trinajstić information content (AvgIpc) is 2.83. The van der Waals surface area contributed by atoms with E-state index in [-0.39, 0.29) is 5.91 Å². The molecular formula is C17H15N3O2S. The van der Waals surface area contributed by atoms with Gasteiger partial charge in [0.2, 0.25) is 0 Å². The highest BCUT2D eigenvalue weighted by molar-refractivity contribution is 7.80. The first kappa shape index (κ1) is 15.2. The van der Waals surface area contributed by atoms with Gasteiger partial charge in [-0.15, -0.1) is 0 Å². The highest BCUT2D eigenvalue weighted by Gasteiger charge is 2.33. The summed E-state index contributed by atoms with van der Waals surface area (Å²) in [6.45, 7) is 2.41. The fraction of sp³-hybridized carbons (Fsp3) is 0.118. The zero-order valence-electron chi connectivity index (χ0n) is 12.5. The summed E-state index contributed by atoms with van der Waals surface area (Å²) in [6, 6.07) is 11.0. The molecular weight excluding hydrogens is 310 g/mol. The number of amides is 1. The second-order valence-electron chi connectivity index (χ2n) is 4.82. The minimum atomic E-state index is -0.217. The molecule has 0 atom stereocenters. The Kier molecular flexibility index (Phi) is 4.34. The molecule has 116 valence electrons. The predicted octanol–water partition coefficient (Wildman–Crippen LogP) is 2.74. The smallest absolute Gasteiger partial charge is 0.281 e. The molecule has 1 aromatic heterocycles. The minimum Gasteiger partial charge on any atom is -0.492 e. The number of aromatic nitrogens is 1. The van der Waals surface area contributed by atoms with Crippen LogP contribution < -0.4 is 15.0 Å². The first-order chi connectivity index (χ1) is 11.2. The number of nitrogens with zero attached hydrogens (tertiary/aromatic N) is 2. The third-order valence-electron chi connectivity index (χ3n) is 3.28. The number of pyridine rings is 1. The lowest BCUT2D eigenvalue weighted by Crippen LogP contribution is -2.30. The number of rotatable bonds is 4. The first-order valence-electron chi connectivity index (χ1n) is 7.19. The molecule has 0 radical (unpaired) electrons. The number of hydrogen-bond acceptors (Lipinski definition) is 4. The molecule has 0 unspecified atom stereocenters. The van der Waals surface area contributed by atoms with Crippen molar-refractivity contribution in [2.75, 3.05) is 11.5 Å². The molecule has 5 nitrogen and oxygen atoms in total. The molecule has 1 aliphatic heterocycles. The lowest BCUT2D eigenvalue weighted by atomic mass is 10.2. The van der Waals surface area contributed by atoms with Gasteiger partial charge in [-0.3, -0.25) is 9.78 Å². The van der Waals surface area contributed by atoms with Crippen LogP contribution in [0, 0.1) is 0 Å². The summed E-state index contributed by atoms with van der Waals surface area (Å²) < 4.78 is 5.59. The van der Waals surface area contributed by atoms with Gasteiger partial charge in [0, 0.05) is 12.4 Å². The summed E-state index contributed by atoms with van der Waals surface area (Å²) in [5.41, 5.74) is 1.87. The number of hydrogen-bond donors (Lipinski definition) is 1. The maximum atomic E-state index is 12.7. The molecule has 1 fully saturated rings. The van der Waals surface area contributed by atoms with Crippen LogP contribution in [0.4, 0.5) is 5.69 Å². The van der Waals surface area contributed by atoms with E-state index in [2.05, 4.69) is 10.3 Å². The Labute approximate surface area is 139 Å². The van der Waals surface area contributed by atoms with E-state index in [4.69, 9.17) is 17.0 Å². The van der Waals surface area contributed by atoms with Crippen LogP contribution in [0.15, 0.2) is 54.5 Å². The zero-order valence-corrected chi connectivity index (χ0v) is 13.3. The van der Waals surface area contributed by atoms with Crippen LogP contribution in [0.5, 0.6) is 5.75 Å². The van der Waals surface area contributed by atoms with Gasteiger partial charge in [0.15, 0.2) is 5.11 Å². The Morgan fingerprint density at radius 3 is 2.87 bits per heavy atom. The molecule has 0 spiro atoms. The van der Waals surface area contributed by atoms with Crippen LogP contribution in [-0.2, 0) is 4.79 Å². The van der Waals surface area contributed by atoms with Crippen LogP contribution in [0.1, 0.15) is 12.5 Å². The number of para-hydroxylation sites is 2. The summed E-state index contributed by atoms with van der Waals surface area (Å²) in [5, 5.41) is 3.29. The van der Waals surface area contributed by atoms with E-state index in [9.17, 15) is 4.79 Å². The van der Waals surface area contributed by atoms with Crippen LogP contribution in [-0.4, -0.2) is 22.6 Å². The standard InChI is InChI=1S/C17H15N3O2S/c1-2-22-15-8-4-3-7-14(15)20-16(21)13(19-17(20)23)10-12-6-5-9-18-11-12/h3-11H,2H2,1H3,(H,19,23)/b13-10+. The van der Waals surface area contributed by atoms with E-state index in [1.807, 2.05) is 43.3 Å². The van der Waals surface area contributed by atoms with Crippen molar-refractivity contribution < 1.29 is 9.53 Å². The van der Waals surface area contributed by atoms with Gasteiger partial charge >= 0.3 is 0 Å². The Hall–Kier alpha value is -2.73. The number of carbonyl (C=O) groups excluding carboxylic acids is 1. The van der Waals surface area contributed by atoms with Gasteiger partial charge in [-0.25, -0.2) is 4.90 Å². The molecule has 1 N–H and O–H groups in total. The fourth-order valence-corrected chi connectivity index (χ4v) is 2.59. The summed E-state index contributed by atoms with van der Waals surface area (Å²) in [6.07, 6.45) is 5.09. The highest BCUT2D eigenvalue weighted by atomic mass is 32.1. The first-order valence-corrected chi connectivity index (χ1v) is 7.60. The molecule has 0 bridgehead atoms. The van der Waals surface area contributed by atoms with Crippen molar-refractivity contribution in [1.82, 2.24) is 10.3 Å². The van der Waals surface area contributed by atoms with Crippen molar-refractivity contribution in [3.63, 3.8) is 0 Å². The maximum Gasteiger partial charge on any atom is 0.281 e. The molecule has 0 saturated carbocycles. The van der Waals surface area contributed by atoms with E-state index in [1.54, 1.807) is 18.5 Å². The molecule has 2 heterocycles. The Morgan fingerprint density at radius 2 is 2.13 bits per heavy atom. The van der Waals surface area contributed by atoms with Gasteiger partial charge in [0.05, 0.1) is 12.3 Å². The van der Waals surface area contributed by atoms with Crippen molar-refractivity contribution in [2.24, 2.45) is 0 Å². The van der Waals surface area contributed by atoms with E-state index in [0.717, 1.165) is 5.56 Å². The van der Waals surface area contributed by atoms with Gasteiger partial charge in [0.1, 0.15) is 11.4 Å². The summed E-state index contributed by atoms with van der Waals surface area (Å²) in [4.78, 5) is 18.2. The van der Waals surface area contributed by atoms with Gasteiger partial charge < -0.3 is 10.1 Å². The maximum absolute atomic E-state index is 12.7. The van der Waals surface area contributed by atoms with E-state index in [1.165, 1.54) is 4.90 Å². The molecule has 1 saturated heterocycles. The van der Waals surface area contributed by atoms with Crippen LogP contribution in [0.2, 0.25) is 0 Å². The SMILES string of the molecule is CCOc1ccccc1N1C(=O)/C(=C\c2cccnc2)NC1=S. The molecule has 6 heteroatoms. The summed E-state index contributed by atoms with van der Waals surface area (Å²) in [7, 11) is 0. The monoisotopic (exact) mass is 325 g/mol. The fourth-order valence-electron chi connectivity index (χ4n) is 2.30. The van der Waals surface area contributed by atoms with Crippen molar-refractivity contribution in [3.8, 4) is 5.75 Å². The summed E-state index contributed by atoms with van der Waals surface area (Å²) >= 11 is 5.32. The Balaban J connectivity index is 1.95. The van der Waals surface area contributed by atoms with Crippen LogP contribution >= 0.6 is 12.2 Å². The number of benzene rings is 1. The van der Waals surface area contributed by atoms with E-state index < -0.39 is 0 Å². The van der Waals surface area contributed by atoms with Crippen molar-refractivity contribution in [3.05, 3.63) is 60.1 Å². The average molecular weight is 325 g/mol. The highest BCUT2D eigenvalue weighted by Crippen LogP contribution is 2.31. The zero-order chi connectivity index (χ0) is 16.2. The number of nitrogens with one attached hydrogen (secondary N) is 1. The normalized spacial score (nSPS) is 15.9. The minimum absolute atomic E-state index is 0.217. The van der Waals surface area contributed by atoms with Gasteiger partial charge in [-0.1, -0.05) is 18.2 Å². The van der Waals surface area contributed by atoms with Gasteiger partial charge in [-0.05, 0) is 49.0 Å². The number of thiocarbonyl (C=S) groups is 1. The van der Waals surface area contributed by atoms with E-state index in [0.29, 0.717) is 28.9 Å². The van der Waals surface area contributed by atoms with E-state index >= 15 is 0 Å². The largest absolute Gasteiger partial charge is 0.492 e. The third kappa shape index (κ3) is 3.07. The topological polar surface area (TPSA) is 54.5 Å². The second kappa shape index (κ2) is 6.58. The number of anilines is 1. The molecule has 1 aromatic carbocycles. The molecule has 23 heavy (non-hydrogen) atoms. The van der Waals surface area contributed by atoms with Crippen molar-refractivity contribution >= 4 is 35.0 Å². The third-order valence-corrected chi connectivity index (χ3v) is 3.56. The number of ether oxygens (including phenoxy) is 1. The van der Waals surface area contributed by atoms with Crippen LogP contribution in [0.25, 0.3) is 6.08 Å². The van der Waals surface area contributed by atoms with Gasteiger partial charge in [-0.2, -0.15) is 0 Å². The Bertz CT molecular complexity index is 774. The molecule has 1 amide bonds. The molecule has 2 aromatic rings. The van der Waals surface area contributed by atoms with Gasteiger partial charge in [0.25, 0.3) is 5.91 Å². The second-order valence-corrected chi connectivity index (χ2v) is 5.20. The molecule has 0 aliphatic carbocycles.